The number of carboxylic acids is 1. The molecule has 1 fully saturated rings. The second kappa shape index (κ2) is 9.91. The monoisotopic (exact) mass is 378 g/mol. The number of nitrogens with zero attached hydrogens (tertiary/aromatic N) is 2. The van der Waals surface area contributed by atoms with Crippen LogP contribution in [0.15, 0.2) is 24.3 Å². The fraction of sp³-hybridized carbons (Fsp3) is 0.526. The van der Waals surface area contributed by atoms with Crippen LogP contribution in [0.4, 0.5) is 0 Å². The molecule has 0 aromatic heterocycles. The third-order valence-corrected chi connectivity index (χ3v) is 4.50. The van der Waals surface area contributed by atoms with E-state index in [1.165, 1.54) is 9.80 Å². The summed E-state index contributed by atoms with van der Waals surface area (Å²) < 4.78 is 10.5. The van der Waals surface area contributed by atoms with Crippen molar-refractivity contribution in [2.24, 2.45) is 5.92 Å². The van der Waals surface area contributed by atoms with Gasteiger partial charge in [-0.2, -0.15) is 0 Å². The van der Waals surface area contributed by atoms with Crippen molar-refractivity contribution >= 4 is 17.8 Å². The van der Waals surface area contributed by atoms with Crippen LogP contribution in [0, 0.1) is 5.92 Å². The van der Waals surface area contributed by atoms with Gasteiger partial charge in [-0.3, -0.25) is 14.4 Å². The van der Waals surface area contributed by atoms with Crippen molar-refractivity contribution in [2.45, 2.75) is 12.8 Å². The van der Waals surface area contributed by atoms with Gasteiger partial charge in [-0.05, 0) is 25.0 Å². The van der Waals surface area contributed by atoms with Gasteiger partial charge in [-0.25, -0.2) is 0 Å². The lowest BCUT2D eigenvalue weighted by Crippen LogP contribution is -2.46. The summed E-state index contributed by atoms with van der Waals surface area (Å²) in [6.07, 6.45) is 1.22. The van der Waals surface area contributed by atoms with E-state index in [-0.39, 0.29) is 24.9 Å². The van der Waals surface area contributed by atoms with E-state index in [1.54, 1.807) is 38.4 Å². The number of benzene rings is 1. The second-order valence-electron chi connectivity index (χ2n) is 6.52. The molecule has 1 aromatic rings. The predicted molar refractivity (Wildman–Crippen MR) is 97.7 cm³/mol. The van der Waals surface area contributed by atoms with Gasteiger partial charge in [0.25, 0.3) is 5.91 Å². The SMILES string of the molecule is COCCOc1ccccc1C(=O)N(C)CC(=O)N1CCCC(C(=O)O)C1. The van der Waals surface area contributed by atoms with Gasteiger partial charge in [0.2, 0.25) is 5.91 Å². The molecule has 1 saturated heterocycles. The minimum Gasteiger partial charge on any atom is -0.490 e. The van der Waals surface area contributed by atoms with Crippen LogP contribution in [0.3, 0.4) is 0 Å². The fourth-order valence-corrected chi connectivity index (χ4v) is 2.99. The van der Waals surface area contributed by atoms with E-state index in [0.717, 1.165) is 0 Å². The quantitative estimate of drug-likeness (QED) is 0.681. The smallest absolute Gasteiger partial charge is 0.308 e. The highest BCUT2D eigenvalue weighted by molar-refractivity contribution is 5.98. The van der Waals surface area contributed by atoms with Crippen LogP contribution in [0.1, 0.15) is 23.2 Å². The van der Waals surface area contributed by atoms with Crippen molar-refractivity contribution in [3.63, 3.8) is 0 Å². The van der Waals surface area contributed by atoms with Gasteiger partial charge >= 0.3 is 5.97 Å². The summed E-state index contributed by atoms with van der Waals surface area (Å²) in [4.78, 5) is 39.2. The van der Waals surface area contributed by atoms with E-state index in [1.807, 2.05) is 0 Å². The van der Waals surface area contributed by atoms with Crippen molar-refractivity contribution in [3.8, 4) is 5.75 Å². The number of methoxy groups -OCH3 is 1. The topological polar surface area (TPSA) is 96.4 Å². The van der Waals surface area contributed by atoms with Crippen LogP contribution >= 0.6 is 0 Å². The molecule has 148 valence electrons. The summed E-state index contributed by atoms with van der Waals surface area (Å²) in [5.74, 6) is -1.59. The van der Waals surface area contributed by atoms with Gasteiger partial charge in [0, 0.05) is 27.2 Å². The average molecular weight is 378 g/mol. The number of hydrogen-bond donors (Lipinski definition) is 1. The first-order chi connectivity index (χ1) is 12.9. The largest absolute Gasteiger partial charge is 0.490 e. The number of rotatable bonds is 8. The van der Waals surface area contributed by atoms with Crippen molar-refractivity contribution in [1.29, 1.82) is 0 Å². The number of carbonyl (C=O) groups excluding carboxylic acids is 2. The van der Waals surface area contributed by atoms with Crippen molar-refractivity contribution in [1.82, 2.24) is 9.80 Å². The average Bonchev–Trinajstić information content (AvgIpc) is 2.68. The number of ether oxygens (including phenoxy) is 2. The molecule has 1 aliphatic heterocycles. The maximum atomic E-state index is 12.7. The minimum absolute atomic E-state index is 0.114. The predicted octanol–water partition coefficient (Wildman–Crippen LogP) is 1.11. The number of aliphatic carboxylic acids is 1. The molecule has 8 heteroatoms. The van der Waals surface area contributed by atoms with Crippen LogP contribution in [0.2, 0.25) is 0 Å². The maximum absolute atomic E-state index is 12.7. The molecule has 27 heavy (non-hydrogen) atoms. The molecule has 1 heterocycles. The van der Waals surface area contributed by atoms with Crippen molar-refractivity contribution in [2.75, 3.05) is 47.0 Å². The first-order valence-corrected chi connectivity index (χ1v) is 8.90. The zero-order valence-corrected chi connectivity index (χ0v) is 15.7. The summed E-state index contributed by atoms with van der Waals surface area (Å²) in [6, 6.07) is 6.84. The Hall–Kier alpha value is -2.61. The third kappa shape index (κ3) is 5.68. The van der Waals surface area contributed by atoms with Gasteiger partial charge < -0.3 is 24.4 Å². The van der Waals surface area contributed by atoms with Gasteiger partial charge in [0.05, 0.1) is 24.6 Å². The number of likely N-dealkylation sites (N-methyl/N-ethyl adjacent to an activating group) is 1. The molecule has 2 amide bonds. The molecule has 1 N–H and O–H groups in total. The Kier molecular flexibility index (Phi) is 7.60. The Morgan fingerprint density at radius 1 is 1.26 bits per heavy atom. The number of para-hydroxylation sites is 1. The zero-order valence-electron chi connectivity index (χ0n) is 15.7. The first kappa shape index (κ1) is 20.7. The minimum atomic E-state index is -0.890. The van der Waals surface area contributed by atoms with Gasteiger partial charge in [0.15, 0.2) is 0 Å². The summed E-state index contributed by atoms with van der Waals surface area (Å²) in [6.45, 7) is 1.30. The lowest BCUT2D eigenvalue weighted by Gasteiger charge is -2.32. The first-order valence-electron chi connectivity index (χ1n) is 8.90. The molecule has 0 spiro atoms. The fourth-order valence-electron chi connectivity index (χ4n) is 2.99. The summed E-state index contributed by atoms with van der Waals surface area (Å²) in [5, 5.41) is 9.15. The molecule has 0 bridgehead atoms. The number of hydrogen-bond acceptors (Lipinski definition) is 5. The van der Waals surface area contributed by atoms with E-state index in [9.17, 15) is 14.4 Å². The number of likely N-dealkylation sites (tertiary alicyclic amines) is 1. The molecule has 1 atom stereocenters. The molecule has 8 nitrogen and oxygen atoms in total. The zero-order chi connectivity index (χ0) is 19.8. The Bertz CT molecular complexity index is 678. The molecule has 0 saturated carbocycles. The Balaban J connectivity index is 1.99. The van der Waals surface area contributed by atoms with Gasteiger partial charge in [-0.15, -0.1) is 0 Å². The lowest BCUT2D eigenvalue weighted by atomic mass is 9.98. The van der Waals surface area contributed by atoms with E-state index in [0.29, 0.717) is 43.9 Å². The van der Waals surface area contributed by atoms with Gasteiger partial charge in [-0.1, -0.05) is 12.1 Å². The number of carbonyl (C=O) groups is 3. The lowest BCUT2D eigenvalue weighted by molar-refractivity contribution is -0.145. The van der Waals surface area contributed by atoms with Crippen molar-refractivity contribution < 1.29 is 29.0 Å². The van der Waals surface area contributed by atoms with E-state index >= 15 is 0 Å². The normalized spacial score (nSPS) is 16.7. The van der Waals surface area contributed by atoms with Crippen LogP contribution in [0.25, 0.3) is 0 Å². The molecule has 1 aromatic carbocycles. The molecule has 1 aliphatic rings. The highest BCUT2D eigenvalue weighted by Crippen LogP contribution is 2.20. The van der Waals surface area contributed by atoms with E-state index in [2.05, 4.69) is 0 Å². The Morgan fingerprint density at radius 3 is 2.70 bits per heavy atom. The van der Waals surface area contributed by atoms with Crippen LogP contribution in [-0.2, 0) is 14.3 Å². The molecule has 0 aliphatic carbocycles. The molecule has 2 rings (SSSR count). The highest BCUT2D eigenvalue weighted by Gasteiger charge is 2.29. The summed E-state index contributed by atoms with van der Waals surface area (Å²) >= 11 is 0. The Morgan fingerprint density at radius 2 is 2.00 bits per heavy atom. The standard InChI is InChI=1S/C19H26N2O6/c1-20(13-17(22)21-9-5-6-14(12-21)19(24)25)18(23)15-7-3-4-8-16(15)27-11-10-26-2/h3-4,7-8,14H,5-6,9-13H2,1-2H3,(H,24,25). The van der Waals surface area contributed by atoms with Crippen LogP contribution < -0.4 is 4.74 Å². The van der Waals surface area contributed by atoms with E-state index < -0.39 is 11.9 Å². The van der Waals surface area contributed by atoms with E-state index in [4.69, 9.17) is 14.6 Å². The third-order valence-electron chi connectivity index (χ3n) is 4.50. The van der Waals surface area contributed by atoms with Crippen LogP contribution in [0.5, 0.6) is 5.75 Å². The molecular weight excluding hydrogens is 352 g/mol. The number of piperidine rings is 1. The molecule has 1 unspecified atom stereocenters. The molecular formula is C19H26N2O6. The second-order valence-corrected chi connectivity index (χ2v) is 6.52. The highest BCUT2D eigenvalue weighted by atomic mass is 16.5. The van der Waals surface area contributed by atoms with Gasteiger partial charge in [0.1, 0.15) is 12.4 Å². The molecule has 0 radical (unpaired) electrons. The number of amides is 2. The maximum Gasteiger partial charge on any atom is 0.308 e. The Labute approximate surface area is 158 Å². The van der Waals surface area contributed by atoms with Crippen LogP contribution in [-0.4, -0.2) is 79.7 Å². The number of carboxylic acid groups (broad SMARTS) is 1. The van der Waals surface area contributed by atoms with Crippen molar-refractivity contribution in [3.05, 3.63) is 29.8 Å². The summed E-state index contributed by atoms with van der Waals surface area (Å²) in [7, 11) is 3.11. The summed E-state index contributed by atoms with van der Waals surface area (Å²) in [5.41, 5.74) is 0.367.